The van der Waals surface area contributed by atoms with Crippen molar-refractivity contribution in [2.24, 2.45) is 13.0 Å². The molecule has 1 atom stereocenters. The van der Waals surface area contributed by atoms with E-state index in [2.05, 4.69) is 37.4 Å². The summed E-state index contributed by atoms with van der Waals surface area (Å²) in [7, 11) is 1.95. The molecule has 2 aliphatic rings. The van der Waals surface area contributed by atoms with Gasteiger partial charge in [-0.05, 0) is 31.2 Å². The molecule has 4 rings (SSSR count). The lowest BCUT2D eigenvalue weighted by atomic mass is 10.1. The van der Waals surface area contributed by atoms with Gasteiger partial charge in [0.05, 0.1) is 17.9 Å². The summed E-state index contributed by atoms with van der Waals surface area (Å²) in [6, 6.07) is 2.39. The number of carbonyl (C=O) groups is 1. The summed E-state index contributed by atoms with van der Waals surface area (Å²) in [5, 5.41) is 11.8. The van der Waals surface area contributed by atoms with Crippen LogP contribution >= 0.6 is 0 Å². The summed E-state index contributed by atoms with van der Waals surface area (Å²) in [6.45, 7) is 3.46. The van der Waals surface area contributed by atoms with Gasteiger partial charge < -0.3 is 5.32 Å². The van der Waals surface area contributed by atoms with Crippen molar-refractivity contribution in [2.75, 3.05) is 13.1 Å². The molecule has 0 saturated heterocycles. The van der Waals surface area contributed by atoms with Gasteiger partial charge in [-0.25, -0.2) is 0 Å². The molecule has 1 fully saturated rings. The van der Waals surface area contributed by atoms with Gasteiger partial charge in [-0.1, -0.05) is 0 Å². The number of aromatic nitrogens is 4. The zero-order valence-electron chi connectivity index (χ0n) is 14.8. The van der Waals surface area contributed by atoms with Crippen LogP contribution in [0.5, 0.6) is 0 Å². The largest absolute Gasteiger partial charge is 0.356 e. The first-order valence-electron chi connectivity index (χ1n) is 9.16. The van der Waals surface area contributed by atoms with Crippen LogP contribution in [0.1, 0.15) is 43.0 Å². The lowest BCUT2D eigenvalue weighted by Crippen LogP contribution is -2.38. The third kappa shape index (κ3) is 4.10. The smallest absolute Gasteiger partial charge is 0.220 e. The standard InChI is InChI=1S/C18H26N6O/c1-22-10-15(9-21-22)11-23-12-16(24-17(13-23)5-7-20-24)4-6-19-18(25)8-14-2-3-14/h5,7,9-10,14,16H,2-4,6,8,11-13H2,1H3,(H,19,25). The van der Waals surface area contributed by atoms with Crippen molar-refractivity contribution in [2.45, 2.75) is 44.8 Å². The van der Waals surface area contributed by atoms with E-state index >= 15 is 0 Å². The zero-order valence-corrected chi connectivity index (χ0v) is 14.8. The molecule has 134 valence electrons. The Balaban J connectivity index is 1.34. The molecule has 0 bridgehead atoms. The second-order valence-corrected chi connectivity index (χ2v) is 7.40. The number of carbonyl (C=O) groups excluding carboxylic acids is 1. The molecule has 1 aliphatic carbocycles. The molecule has 25 heavy (non-hydrogen) atoms. The van der Waals surface area contributed by atoms with Crippen molar-refractivity contribution in [1.82, 2.24) is 29.8 Å². The van der Waals surface area contributed by atoms with Gasteiger partial charge in [-0.15, -0.1) is 0 Å². The van der Waals surface area contributed by atoms with E-state index in [1.807, 2.05) is 24.1 Å². The maximum absolute atomic E-state index is 11.9. The first kappa shape index (κ1) is 16.3. The Kier molecular flexibility index (Phi) is 4.57. The van der Waals surface area contributed by atoms with Gasteiger partial charge in [0.25, 0.3) is 0 Å². The molecule has 7 heteroatoms. The Morgan fingerprint density at radius 3 is 3.00 bits per heavy atom. The summed E-state index contributed by atoms with van der Waals surface area (Å²) in [4.78, 5) is 14.3. The highest BCUT2D eigenvalue weighted by Gasteiger charge is 2.27. The Labute approximate surface area is 148 Å². The molecule has 1 unspecified atom stereocenters. The maximum atomic E-state index is 11.9. The van der Waals surface area contributed by atoms with Crippen LogP contribution in [-0.4, -0.2) is 43.5 Å². The van der Waals surface area contributed by atoms with Crippen LogP contribution in [0.4, 0.5) is 0 Å². The molecule has 1 saturated carbocycles. The molecule has 0 aromatic carbocycles. The fourth-order valence-electron chi connectivity index (χ4n) is 3.64. The van der Waals surface area contributed by atoms with Crippen LogP contribution in [0.3, 0.4) is 0 Å². The summed E-state index contributed by atoms with van der Waals surface area (Å²) in [5.74, 6) is 0.841. The van der Waals surface area contributed by atoms with E-state index in [9.17, 15) is 4.79 Å². The fraction of sp³-hybridized carbons (Fsp3) is 0.611. The normalized spacial score (nSPS) is 20.4. The summed E-state index contributed by atoms with van der Waals surface area (Å²) < 4.78 is 3.98. The van der Waals surface area contributed by atoms with E-state index in [1.54, 1.807) is 0 Å². The van der Waals surface area contributed by atoms with Crippen LogP contribution in [0, 0.1) is 5.92 Å². The van der Waals surface area contributed by atoms with Crippen molar-refractivity contribution in [3.63, 3.8) is 0 Å². The van der Waals surface area contributed by atoms with Gasteiger partial charge in [-0.3, -0.25) is 19.1 Å². The number of hydrogen-bond acceptors (Lipinski definition) is 4. The lowest BCUT2D eigenvalue weighted by Gasteiger charge is -2.33. The van der Waals surface area contributed by atoms with E-state index in [-0.39, 0.29) is 5.91 Å². The van der Waals surface area contributed by atoms with Crippen molar-refractivity contribution in [3.8, 4) is 0 Å². The molecular formula is C18H26N6O. The highest BCUT2D eigenvalue weighted by Crippen LogP contribution is 2.32. The number of hydrogen-bond donors (Lipinski definition) is 1. The van der Waals surface area contributed by atoms with Crippen LogP contribution in [0.15, 0.2) is 24.7 Å². The summed E-state index contributed by atoms with van der Waals surface area (Å²) in [6.07, 6.45) is 9.92. The van der Waals surface area contributed by atoms with Crippen LogP contribution < -0.4 is 5.32 Å². The lowest BCUT2D eigenvalue weighted by molar-refractivity contribution is -0.121. The Morgan fingerprint density at radius 2 is 2.24 bits per heavy atom. The maximum Gasteiger partial charge on any atom is 0.220 e. The van der Waals surface area contributed by atoms with E-state index in [4.69, 9.17) is 0 Å². The molecule has 7 nitrogen and oxygen atoms in total. The molecule has 3 heterocycles. The predicted molar refractivity (Wildman–Crippen MR) is 93.6 cm³/mol. The Bertz CT molecular complexity index is 732. The van der Waals surface area contributed by atoms with Crippen molar-refractivity contribution in [1.29, 1.82) is 0 Å². The molecule has 1 amide bonds. The van der Waals surface area contributed by atoms with E-state index in [0.29, 0.717) is 18.4 Å². The van der Waals surface area contributed by atoms with Crippen molar-refractivity contribution in [3.05, 3.63) is 35.9 Å². The van der Waals surface area contributed by atoms with Gasteiger partial charge in [0, 0.05) is 57.6 Å². The number of nitrogens with one attached hydrogen (secondary N) is 1. The summed E-state index contributed by atoms with van der Waals surface area (Å²) >= 11 is 0. The van der Waals surface area contributed by atoms with Crippen molar-refractivity contribution < 1.29 is 4.79 Å². The molecular weight excluding hydrogens is 316 g/mol. The minimum absolute atomic E-state index is 0.200. The molecule has 1 N–H and O–H groups in total. The van der Waals surface area contributed by atoms with Gasteiger partial charge >= 0.3 is 0 Å². The van der Waals surface area contributed by atoms with Gasteiger partial charge in [0.15, 0.2) is 0 Å². The average molecular weight is 342 g/mol. The Morgan fingerprint density at radius 1 is 1.36 bits per heavy atom. The quantitative estimate of drug-likeness (QED) is 0.828. The minimum atomic E-state index is 0.200. The first-order chi connectivity index (χ1) is 12.2. The van der Waals surface area contributed by atoms with E-state index in [1.165, 1.54) is 24.1 Å². The number of amides is 1. The minimum Gasteiger partial charge on any atom is -0.356 e. The number of fused-ring (bicyclic) bond motifs is 1. The van der Waals surface area contributed by atoms with E-state index < -0.39 is 0 Å². The van der Waals surface area contributed by atoms with Gasteiger partial charge in [0.2, 0.25) is 5.91 Å². The molecule has 2 aromatic rings. The van der Waals surface area contributed by atoms with Crippen LogP contribution in [-0.2, 0) is 24.9 Å². The number of aryl methyl sites for hydroxylation is 1. The topological polar surface area (TPSA) is 68.0 Å². The van der Waals surface area contributed by atoms with Crippen molar-refractivity contribution >= 4 is 5.91 Å². The monoisotopic (exact) mass is 342 g/mol. The second kappa shape index (κ2) is 7.00. The molecule has 1 aliphatic heterocycles. The first-order valence-corrected chi connectivity index (χ1v) is 9.16. The van der Waals surface area contributed by atoms with E-state index in [0.717, 1.165) is 32.6 Å². The van der Waals surface area contributed by atoms with Crippen LogP contribution in [0.2, 0.25) is 0 Å². The fourth-order valence-corrected chi connectivity index (χ4v) is 3.64. The highest BCUT2D eigenvalue weighted by atomic mass is 16.1. The number of rotatable bonds is 7. The average Bonchev–Trinajstić information content (AvgIpc) is 3.09. The highest BCUT2D eigenvalue weighted by molar-refractivity contribution is 5.76. The third-order valence-electron chi connectivity index (χ3n) is 5.09. The molecule has 0 radical (unpaired) electrons. The summed E-state index contributed by atoms with van der Waals surface area (Å²) in [5.41, 5.74) is 2.47. The molecule has 2 aromatic heterocycles. The molecule has 0 spiro atoms. The van der Waals surface area contributed by atoms with Crippen LogP contribution in [0.25, 0.3) is 0 Å². The second-order valence-electron chi connectivity index (χ2n) is 7.40. The number of nitrogens with zero attached hydrogens (tertiary/aromatic N) is 5. The third-order valence-corrected chi connectivity index (χ3v) is 5.09. The predicted octanol–water partition coefficient (Wildman–Crippen LogP) is 1.48. The zero-order chi connectivity index (χ0) is 17.2. The Hall–Kier alpha value is -2.15. The van der Waals surface area contributed by atoms with Gasteiger partial charge in [-0.2, -0.15) is 10.2 Å². The SMILES string of the molecule is Cn1cc(CN2Cc3ccnn3C(CCNC(=O)CC3CC3)C2)cn1. The van der Waals surface area contributed by atoms with Gasteiger partial charge in [0.1, 0.15) is 0 Å².